The maximum atomic E-state index is 12.8. The van der Waals surface area contributed by atoms with Crippen LogP contribution in [0.2, 0.25) is 0 Å². The largest absolute Gasteiger partial charge is 0.352 e. The van der Waals surface area contributed by atoms with E-state index in [0.29, 0.717) is 0 Å². The van der Waals surface area contributed by atoms with E-state index in [1.165, 1.54) is 36.7 Å². The fourth-order valence-corrected chi connectivity index (χ4v) is 4.49. The molecule has 7 nitrogen and oxygen atoms in total. The van der Waals surface area contributed by atoms with Crippen molar-refractivity contribution in [3.05, 3.63) is 65.6 Å². The van der Waals surface area contributed by atoms with Gasteiger partial charge in [-0.3, -0.25) is 14.1 Å². The lowest BCUT2D eigenvalue weighted by molar-refractivity contribution is 0.0670. The summed E-state index contributed by atoms with van der Waals surface area (Å²) in [6, 6.07) is 9.11. The van der Waals surface area contributed by atoms with Crippen molar-refractivity contribution in [3.8, 4) is 0 Å². The zero-order valence-corrected chi connectivity index (χ0v) is 16.0. The second kappa shape index (κ2) is 8.48. The molecule has 1 aromatic carbocycles. The maximum absolute atomic E-state index is 12.8. The number of sulfonamides is 1. The maximum Gasteiger partial charge on any atom is 0.319 e. The van der Waals surface area contributed by atoms with Crippen molar-refractivity contribution in [1.82, 2.24) is 14.9 Å². The van der Waals surface area contributed by atoms with Gasteiger partial charge in [0, 0.05) is 36.6 Å². The number of aromatic nitrogens is 2. The molecule has 0 atom stereocenters. The SMILES string of the molecule is O=C(NCCc1nccn1C(F)F)c1cccc(NS(=O)(=O)c2cccs2)c1. The molecule has 0 bridgehead atoms. The first kappa shape index (κ1) is 20.0. The van der Waals surface area contributed by atoms with Crippen LogP contribution >= 0.6 is 11.3 Å². The predicted octanol–water partition coefficient (Wildman–Crippen LogP) is 3.11. The van der Waals surface area contributed by atoms with Crippen LogP contribution in [0, 0.1) is 0 Å². The molecule has 1 amide bonds. The number of alkyl halides is 2. The third-order valence-corrected chi connectivity index (χ3v) is 6.51. The first-order valence-electron chi connectivity index (χ1n) is 8.11. The number of nitrogens with zero attached hydrogens (tertiary/aromatic N) is 2. The van der Waals surface area contributed by atoms with Crippen molar-refractivity contribution in [1.29, 1.82) is 0 Å². The molecule has 0 radical (unpaired) electrons. The quantitative estimate of drug-likeness (QED) is 0.579. The Bertz CT molecular complexity index is 1050. The molecular weight excluding hydrogens is 410 g/mol. The Kier molecular flexibility index (Phi) is 6.05. The Hall–Kier alpha value is -2.79. The normalized spacial score (nSPS) is 11.5. The summed E-state index contributed by atoms with van der Waals surface area (Å²) in [6.45, 7) is -2.59. The number of amides is 1. The standard InChI is InChI=1S/C17H16F2N4O3S2/c18-17(19)23-9-8-20-14(23)6-7-21-16(24)12-3-1-4-13(11-12)22-28(25,26)15-5-2-10-27-15/h1-5,8-11,17,22H,6-7H2,(H,21,24). The van der Waals surface area contributed by atoms with Gasteiger partial charge in [0.05, 0.1) is 0 Å². The second-order valence-corrected chi connectivity index (χ2v) is 8.51. The zero-order chi connectivity index (χ0) is 20.1. The van der Waals surface area contributed by atoms with E-state index in [-0.39, 0.29) is 34.2 Å². The van der Waals surface area contributed by atoms with E-state index in [9.17, 15) is 22.0 Å². The van der Waals surface area contributed by atoms with Gasteiger partial charge < -0.3 is 5.32 Å². The first-order chi connectivity index (χ1) is 13.4. The van der Waals surface area contributed by atoms with E-state index in [2.05, 4.69) is 15.0 Å². The summed E-state index contributed by atoms with van der Waals surface area (Å²) < 4.78 is 53.4. The molecule has 0 aliphatic rings. The van der Waals surface area contributed by atoms with Crippen molar-refractivity contribution in [2.75, 3.05) is 11.3 Å². The molecule has 148 valence electrons. The highest BCUT2D eigenvalue weighted by Gasteiger charge is 2.16. The summed E-state index contributed by atoms with van der Waals surface area (Å²) in [5, 5.41) is 4.26. The molecule has 2 aromatic heterocycles. The van der Waals surface area contributed by atoms with Crippen LogP contribution in [0.4, 0.5) is 14.5 Å². The number of nitrogens with one attached hydrogen (secondary N) is 2. The molecule has 28 heavy (non-hydrogen) atoms. The van der Waals surface area contributed by atoms with Crippen LogP contribution in [0.15, 0.2) is 58.4 Å². The van der Waals surface area contributed by atoms with Crippen LogP contribution in [0.5, 0.6) is 0 Å². The van der Waals surface area contributed by atoms with Gasteiger partial charge in [-0.1, -0.05) is 12.1 Å². The molecule has 0 fully saturated rings. The summed E-state index contributed by atoms with van der Waals surface area (Å²) in [6.07, 6.45) is 2.57. The van der Waals surface area contributed by atoms with Gasteiger partial charge in [-0.25, -0.2) is 13.4 Å². The number of benzene rings is 1. The fourth-order valence-electron chi connectivity index (χ4n) is 2.45. The third kappa shape index (κ3) is 4.73. The average Bonchev–Trinajstić information content (AvgIpc) is 3.34. The predicted molar refractivity (Wildman–Crippen MR) is 101 cm³/mol. The summed E-state index contributed by atoms with van der Waals surface area (Å²) in [5.41, 5.74) is 0.484. The second-order valence-electron chi connectivity index (χ2n) is 5.65. The van der Waals surface area contributed by atoms with Gasteiger partial charge in [-0.2, -0.15) is 8.78 Å². The Labute approximate surface area is 164 Å². The fraction of sp³-hybridized carbons (Fsp3) is 0.176. The van der Waals surface area contributed by atoms with Crippen LogP contribution in [0.25, 0.3) is 0 Å². The molecule has 3 rings (SSSR count). The third-order valence-electron chi connectivity index (χ3n) is 3.73. The van der Waals surface area contributed by atoms with E-state index in [1.54, 1.807) is 17.5 Å². The summed E-state index contributed by atoms with van der Waals surface area (Å²) >= 11 is 1.08. The van der Waals surface area contributed by atoms with Gasteiger partial charge in [0.2, 0.25) is 0 Å². The van der Waals surface area contributed by atoms with Crippen molar-refractivity contribution in [2.45, 2.75) is 17.2 Å². The number of hydrogen-bond donors (Lipinski definition) is 2. The number of hydrogen-bond acceptors (Lipinski definition) is 5. The van der Waals surface area contributed by atoms with Crippen LogP contribution < -0.4 is 10.0 Å². The number of carbonyl (C=O) groups is 1. The Morgan fingerprint density at radius 3 is 2.79 bits per heavy atom. The summed E-state index contributed by atoms with van der Waals surface area (Å²) in [4.78, 5) is 16.1. The van der Waals surface area contributed by atoms with E-state index in [4.69, 9.17) is 0 Å². The lowest BCUT2D eigenvalue weighted by atomic mass is 10.2. The van der Waals surface area contributed by atoms with Crippen LogP contribution in [-0.2, 0) is 16.4 Å². The molecule has 0 saturated heterocycles. The molecular formula is C17H16F2N4O3S2. The molecule has 11 heteroatoms. The number of rotatable bonds is 8. The van der Waals surface area contributed by atoms with E-state index in [0.717, 1.165) is 15.9 Å². The number of anilines is 1. The minimum absolute atomic E-state index is 0.105. The van der Waals surface area contributed by atoms with Crippen molar-refractivity contribution in [2.24, 2.45) is 0 Å². The molecule has 0 saturated carbocycles. The number of thiophene rings is 1. The van der Waals surface area contributed by atoms with Gasteiger partial charge in [0.25, 0.3) is 15.9 Å². The molecule has 3 aromatic rings. The highest BCUT2D eigenvalue weighted by molar-refractivity contribution is 7.94. The Morgan fingerprint density at radius 1 is 1.25 bits per heavy atom. The highest BCUT2D eigenvalue weighted by atomic mass is 32.2. The number of imidazole rings is 1. The van der Waals surface area contributed by atoms with Gasteiger partial charge >= 0.3 is 6.55 Å². The molecule has 0 aliphatic carbocycles. The number of carbonyl (C=O) groups excluding carboxylic acids is 1. The van der Waals surface area contributed by atoms with Crippen LogP contribution in [-0.4, -0.2) is 30.4 Å². The molecule has 2 heterocycles. The van der Waals surface area contributed by atoms with Crippen molar-refractivity contribution < 1.29 is 22.0 Å². The Morgan fingerprint density at radius 2 is 2.07 bits per heavy atom. The van der Waals surface area contributed by atoms with E-state index in [1.807, 2.05) is 0 Å². The van der Waals surface area contributed by atoms with Gasteiger partial charge in [0.1, 0.15) is 10.0 Å². The van der Waals surface area contributed by atoms with E-state index < -0.39 is 22.5 Å². The van der Waals surface area contributed by atoms with E-state index >= 15 is 0 Å². The van der Waals surface area contributed by atoms with Crippen molar-refractivity contribution >= 4 is 33.0 Å². The first-order valence-corrected chi connectivity index (χ1v) is 10.5. The smallest absolute Gasteiger partial charge is 0.319 e. The minimum Gasteiger partial charge on any atom is -0.352 e. The van der Waals surface area contributed by atoms with Crippen LogP contribution in [0.1, 0.15) is 22.7 Å². The Balaban J connectivity index is 1.62. The minimum atomic E-state index is -3.72. The lowest BCUT2D eigenvalue weighted by Gasteiger charge is -2.10. The monoisotopic (exact) mass is 426 g/mol. The van der Waals surface area contributed by atoms with Gasteiger partial charge in [0.15, 0.2) is 0 Å². The van der Waals surface area contributed by atoms with Crippen molar-refractivity contribution in [3.63, 3.8) is 0 Å². The zero-order valence-electron chi connectivity index (χ0n) is 14.4. The summed E-state index contributed by atoms with van der Waals surface area (Å²) in [7, 11) is -3.72. The number of halogens is 2. The topological polar surface area (TPSA) is 93.1 Å². The molecule has 0 aliphatic heterocycles. The average molecular weight is 426 g/mol. The lowest BCUT2D eigenvalue weighted by Crippen LogP contribution is -2.26. The summed E-state index contributed by atoms with van der Waals surface area (Å²) in [5.74, 6) is -0.292. The molecule has 0 unspecified atom stereocenters. The van der Waals surface area contributed by atoms with Gasteiger partial charge in [-0.05, 0) is 29.6 Å². The van der Waals surface area contributed by atoms with Crippen LogP contribution in [0.3, 0.4) is 0 Å². The molecule has 2 N–H and O–H groups in total. The van der Waals surface area contributed by atoms with Gasteiger partial charge in [-0.15, -0.1) is 11.3 Å². The highest BCUT2D eigenvalue weighted by Crippen LogP contribution is 2.21. The molecule has 0 spiro atoms.